The number of thiophene rings is 1. The smallest absolute Gasteiger partial charge is 0.253 e. The minimum Gasteiger partial charge on any atom is -0.508 e. The molecule has 1 unspecified atom stereocenters. The summed E-state index contributed by atoms with van der Waals surface area (Å²) in [6.45, 7) is 0. The third kappa shape index (κ3) is 3.97. The van der Waals surface area contributed by atoms with Gasteiger partial charge in [-0.15, -0.1) is 16.4 Å². The van der Waals surface area contributed by atoms with E-state index in [4.69, 9.17) is 4.42 Å². The van der Waals surface area contributed by atoms with Crippen LogP contribution in [0.1, 0.15) is 23.1 Å². The number of hydrogen-bond acceptors (Lipinski definition) is 9. The quantitative estimate of drug-likeness (QED) is 0.446. The minimum atomic E-state index is -0.284. The number of amides is 1. The number of thioether (sulfide) groups is 1. The molecule has 1 aliphatic heterocycles. The Kier molecular flexibility index (Phi) is 5.26. The van der Waals surface area contributed by atoms with Gasteiger partial charge in [0.2, 0.25) is 5.16 Å². The lowest BCUT2D eigenvalue weighted by Gasteiger charge is -2.19. The highest BCUT2D eigenvalue weighted by Crippen LogP contribution is 2.34. The van der Waals surface area contributed by atoms with Crippen LogP contribution in [0.2, 0.25) is 0 Å². The second-order valence-electron chi connectivity index (χ2n) is 6.68. The summed E-state index contributed by atoms with van der Waals surface area (Å²) < 4.78 is 7.09. The van der Waals surface area contributed by atoms with Gasteiger partial charge in [-0.1, -0.05) is 17.8 Å². The summed E-state index contributed by atoms with van der Waals surface area (Å²) in [5.41, 5.74) is 1.55. The summed E-state index contributed by atoms with van der Waals surface area (Å²) in [4.78, 5) is 14.1. The number of furan rings is 1. The molecular weight excluding hydrogens is 436 g/mol. The molecule has 1 aromatic carbocycles. The highest BCUT2D eigenvalue weighted by molar-refractivity contribution is 7.99. The van der Waals surface area contributed by atoms with Gasteiger partial charge in [0.25, 0.3) is 5.91 Å². The standard InChI is InChI=1S/C20H16N6O3S2/c27-14-7-5-13(6-8-14)25-20(21-23-24-25)31-12-19(28)26-16(17-3-1-9-29-17)11-15(22-26)18-4-2-10-30-18/h1-10,16,27H,11-12H2. The number of hydrogen-bond donors (Lipinski definition) is 1. The molecule has 9 nitrogen and oxygen atoms in total. The first kappa shape index (κ1) is 19.5. The lowest BCUT2D eigenvalue weighted by atomic mass is 10.1. The molecular formula is C20H16N6O3S2. The van der Waals surface area contributed by atoms with E-state index < -0.39 is 0 Å². The SMILES string of the molecule is O=C(CSc1nnnn1-c1ccc(O)cc1)N1N=C(c2cccs2)CC1c1ccco1. The van der Waals surface area contributed by atoms with Crippen molar-refractivity contribution in [3.63, 3.8) is 0 Å². The Balaban J connectivity index is 1.34. The summed E-state index contributed by atoms with van der Waals surface area (Å²) >= 11 is 2.81. The van der Waals surface area contributed by atoms with Gasteiger partial charge in [-0.25, -0.2) is 5.01 Å². The van der Waals surface area contributed by atoms with Crippen LogP contribution < -0.4 is 0 Å². The maximum absolute atomic E-state index is 13.1. The molecule has 0 spiro atoms. The van der Waals surface area contributed by atoms with Crippen LogP contribution in [0, 0.1) is 0 Å². The summed E-state index contributed by atoms with van der Waals surface area (Å²) in [5.74, 6) is 0.788. The molecule has 0 bridgehead atoms. The Morgan fingerprint density at radius 3 is 2.84 bits per heavy atom. The normalized spacial score (nSPS) is 15.9. The van der Waals surface area contributed by atoms with Gasteiger partial charge in [0.15, 0.2) is 0 Å². The maximum atomic E-state index is 13.1. The predicted molar refractivity (Wildman–Crippen MR) is 115 cm³/mol. The lowest BCUT2D eigenvalue weighted by Crippen LogP contribution is -2.28. The molecule has 4 heterocycles. The predicted octanol–water partition coefficient (Wildman–Crippen LogP) is 3.49. The van der Waals surface area contributed by atoms with E-state index in [1.54, 1.807) is 41.9 Å². The Morgan fingerprint density at radius 2 is 2.10 bits per heavy atom. The fourth-order valence-corrected chi connectivity index (χ4v) is 4.72. The number of aromatic hydroxyl groups is 1. The van der Waals surface area contributed by atoms with Gasteiger partial charge < -0.3 is 9.52 Å². The molecule has 5 rings (SSSR count). The van der Waals surface area contributed by atoms with Gasteiger partial charge in [0.05, 0.1) is 28.3 Å². The van der Waals surface area contributed by atoms with Crippen molar-refractivity contribution in [3.05, 3.63) is 70.8 Å². The van der Waals surface area contributed by atoms with E-state index in [0.717, 1.165) is 10.6 Å². The molecule has 4 aromatic rings. The number of rotatable bonds is 6. The van der Waals surface area contributed by atoms with Crippen molar-refractivity contribution in [2.75, 3.05) is 5.75 Å². The number of benzene rings is 1. The first-order valence-electron chi connectivity index (χ1n) is 9.36. The Hall–Kier alpha value is -3.44. The summed E-state index contributed by atoms with van der Waals surface area (Å²) in [7, 11) is 0. The van der Waals surface area contributed by atoms with Crippen LogP contribution >= 0.6 is 23.1 Å². The first-order valence-corrected chi connectivity index (χ1v) is 11.2. The number of hydrazone groups is 1. The highest BCUT2D eigenvalue weighted by Gasteiger charge is 2.35. The zero-order chi connectivity index (χ0) is 21.2. The van der Waals surface area contributed by atoms with E-state index >= 15 is 0 Å². The highest BCUT2D eigenvalue weighted by atomic mass is 32.2. The van der Waals surface area contributed by atoms with E-state index in [2.05, 4.69) is 20.6 Å². The van der Waals surface area contributed by atoms with Crippen molar-refractivity contribution < 1.29 is 14.3 Å². The van der Waals surface area contributed by atoms with Gasteiger partial charge in [-0.05, 0) is 58.3 Å². The van der Waals surface area contributed by atoms with Crippen molar-refractivity contribution in [2.45, 2.75) is 17.6 Å². The van der Waals surface area contributed by atoms with E-state index in [0.29, 0.717) is 23.0 Å². The van der Waals surface area contributed by atoms with Crippen LogP contribution in [0.25, 0.3) is 5.69 Å². The van der Waals surface area contributed by atoms with E-state index in [-0.39, 0.29) is 23.5 Å². The molecule has 0 fully saturated rings. The monoisotopic (exact) mass is 452 g/mol. The molecule has 1 aliphatic rings. The van der Waals surface area contributed by atoms with Crippen LogP contribution in [0.15, 0.2) is 74.8 Å². The maximum Gasteiger partial charge on any atom is 0.253 e. The zero-order valence-electron chi connectivity index (χ0n) is 16.0. The first-order chi connectivity index (χ1) is 15.2. The van der Waals surface area contributed by atoms with Gasteiger partial charge in [-0.3, -0.25) is 4.79 Å². The molecule has 0 saturated carbocycles. The summed E-state index contributed by atoms with van der Waals surface area (Å²) in [6.07, 6.45) is 2.19. The van der Waals surface area contributed by atoms with E-state index in [1.165, 1.54) is 21.5 Å². The number of carbonyl (C=O) groups is 1. The number of nitrogens with zero attached hydrogens (tertiary/aromatic N) is 6. The summed E-state index contributed by atoms with van der Waals surface area (Å²) in [5, 5.41) is 29.7. The van der Waals surface area contributed by atoms with Crippen molar-refractivity contribution in [2.24, 2.45) is 5.10 Å². The number of aromatic nitrogens is 4. The molecule has 31 heavy (non-hydrogen) atoms. The molecule has 3 aromatic heterocycles. The lowest BCUT2D eigenvalue weighted by molar-refractivity contribution is -0.130. The number of phenolic OH excluding ortho intramolecular Hbond substituents is 1. The van der Waals surface area contributed by atoms with Crippen LogP contribution in [0.3, 0.4) is 0 Å². The van der Waals surface area contributed by atoms with Crippen molar-refractivity contribution in [1.29, 1.82) is 0 Å². The van der Waals surface area contributed by atoms with Crippen LogP contribution in [-0.2, 0) is 4.79 Å². The molecule has 156 valence electrons. The second-order valence-corrected chi connectivity index (χ2v) is 8.57. The van der Waals surface area contributed by atoms with Gasteiger partial charge >= 0.3 is 0 Å². The average Bonchev–Trinajstić information content (AvgIpc) is 3.58. The van der Waals surface area contributed by atoms with Gasteiger partial charge in [-0.2, -0.15) is 9.78 Å². The van der Waals surface area contributed by atoms with Gasteiger partial charge in [0, 0.05) is 6.42 Å². The number of carbonyl (C=O) groups excluding carboxylic acids is 1. The second kappa shape index (κ2) is 8.36. The largest absolute Gasteiger partial charge is 0.508 e. The molecule has 1 N–H and O–H groups in total. The zero-order valence-corrected chi connectivity index (χ0v) is 17.7. The molecule has 0 radical (unpaired) electrons. The average molecular weight is 453 g/mol. The molecule has 1 amide bonds. The van der Waals surface area contributed by atoms with Crippen LogP contribution in [-0.4, -0.2) is 47.7 Å². The summed E-state index contributed by atoms with van der Waals surface area (Å²) in [6, 6.07) is 13.8. The van der Waals surface area contributed by atoms with E-state index in [1.807, 2.05) is 29.6 Å². The topological polar surface area (TPSA) is 110 Å². The molecule has 0 aliphatic carbocycles. The third-order valence-corrected chi connectivity index (χ3v) is 6.53. The molecule has 1 atom stereocenters. The Labute approximate surface area is 185 Å². The molecule has 0 saturated heterocycles. The third-order valence-electron chi connectivity index (χ3n) is 4.70. The number of tetrazole rings is 1. The van der Waals surface area contributed by atoms with Crippen molar-refractivity contribution >= 4 is 34.7 Å². The van der Waals surface area contributed by atoms with Crippen molar-refractivity contribution in [3.8, 4) is 11.4 Å². The van der Waals surface area contributed by atoms with Gasteiger partial charge in [0.1, 0.15) is 17.6 Å². The Morgan fingerprint density at radius 1 is 1.23 bits per heavy atom. The fraction of sp³-hybridized carbons (Fsp3) is 0.150. The minimum absolute atomic E-state index is 0.108. The van der Waals surface area contributed by atoms with Crippen molar-refractivity contribution in [1.82, 2.24) is 25.2 Å². The van der Waals surface area contributed by atoms with Crippen LogP contribution in [0.5, 0.6) is 5.75 Å². The number of phenols is 1. The molecule has 11 heteroatoms. The van der Waals surface area contributed by atoms with E-state index in [9.17, 15) is 9.90 Å². The fourth-order valence-electron chi connectivity index (χ4n) is 3.25. The Bertz CT molecular complexity index is 1200. The van der Waals surface area contributed by atoms with Crippen LogP contribution in [0.4, 0.5) is 0 Å².